The first kappa shape index (κ1) is 15.6. The van der Waals surface area contributed by atoms with Crippen molar-refractivity contribution in [2.24, 2.45) is 0 Å². The summed E-state index contributed by atoms with van der Waals surface area (Å²) >= 11 is 0. The van der Waals surface area contributed by atoms with E-state index in [1.54, 1.807) is 6.07 Å². The summed E-state index contributed by atoms with van der Waals surface area (Å²) in [7, 11) is 0. The van der Waals surface area contributed by atoms with Gasteiger partial charge in [-0.15, -0.1) is 0 Å². The Bertz CT molecular complexity index is 605. The van der Waals surface area contributed by atoms with E-state index in [9.17, 15) is 4.39 Å². The number of halogens is 1. The molecule has 0 radical (unpaired) electrons. The lowest BCUT2D eigenvalue weighted by molar-refractivity contribution is 0.262. The van der Waals surface area contributed by atoms with E-state index in [1.165, 1.54) is 12.1 Å². The quantitative estimate of drug-likeness (QED) is 0.869. The van der Waals surface area contributed by atoms with Gasteiger partial charge in [0, 0.05) is 6.04 Å². The summed E-state index contributed by atoms with van der Waals surface area (Å²) in [5.74, 6) is 2.12. The largest absolute Gasteiger partial charge is 0.485 e. The predicted octanol–water partition coefficient (Wildman–Crippen LogP) is 4.11. The van der Waals surface area contributed by atoms with Gasteiger partial charge in [0.2, 0.25) is 0 Å². The molecule has 2 aromatic rings. The van der Waals surface area contributed by atoms with E-state index in [4.69, 9.17) is 9.15 Å². The van der Waals surface area contributed by atoms with Gasteiger partial charge in [-0.25, -0.2) is 4.39 Å². The number of ether oxygens (including phenoxy) is 1. The zero-order chi connectivity index (χ0) is 15.4. The van der Waals surface area contributed by atoms with Crippen LogP contribution >= 0.6 is 0 Å². The van der Waals surface area contributed by atoms with Crippen molar-refractivity contribution < 1.29 is 13.5 Å². The first-order valence-corrected chi connectivity index (χ1v) is 7.16. The van der Waals surface area contributed by atoms with Crippen molar-refractivity contribution in [3.05, 3.63) is 52.7 Å². The highest BCUT2D eigenvalue weighted by Crippen LogP contribution is 2.21. The Morgan fingerprint density at radius 1 is 1.19 bits per heavy atom. The maximum Gasteiger partial charge on any atom is 0.146 e. The molecule has 1 aromatic heterocycles. The number of benzene rings is 1. The van der Waals surface area contributed by atoms with Crippen LogP contribution in [0.3, 0.4) is 0 Å². The van der Waals surface area contributed by atoms with Gasteiger partial charge in [-0.3, -0.25) is 0 Å². The molecule has 3 nitrogen and oxygen atoms in total. The second-order valence-electron chi connectivity index (χ2n) is 5.55. The number of rotatable bonds is 6. The highest BCUT2D eigenvalue weighted by Gasteiger charge is 2.09. The lowest BCUT2D eigenvalue weighted by Gasteiger charge is -2.08. The van der Waals surface area contributed by atoms with E-state index >= 15 is 0 Å². The van der Waals surface area contributed by atoms with Gasteiger partial charge in [-0.2, -0.15) is 0 Å². The Morgan fingerprint density at radius 3 is 2.62 bits per heavy atom. The van der Waals surface area contributed by atoms with Crippen molar-refractivity contribution in [3.8, 4) is 5.75 Å². The van der Waals surface area contributed by atoms with E-state index in [2.05, 4.69) is 19.2 Å². The molecule has 0 saturated heterocycles. The molecular formula is C17H22FNO2. The van der Waals surface area contributed by atoms with Crippen molar-refractivity contribution in [2.75, 3.05) is 0 Å². The minimum absolute atomic E-state index is 0.254. The Labute approximate surface area is 125 Å². The molecular weight excluding hydrogens is 269 g/mol. The lowest BCUT2D eigenvalue weighted by Crippen LogP contribution is -2.21. The van der Waals surface area contributed by atoms with Crippen LogP contribution in [-0.4, -0.2) is 6.04 Å². The Balaban J connectivity index is 1.98. The summed E-state index contributed by atoms with van der Waals surface area (Å²) in [6.07, 6.45) is 0. The van der Waals surface area contributed by atoms with E-state index in [1.807, 2.05) is 19.9 Å². The molecule has 0 fully saturated rings. The zero-order valence-electron chi connectivity index (χ0n) is 13.0. The first-order valence-electron chi connectivity index (χ1n) is 7.16. The molecule has 0 bridgehead atoms. The monoisotopic (exact) mass is 291 g/mol. The van der Waals surface area contributed by atoms with Gasteiger partial charge in [0.25, 0.3) is 0 Å². The minimum atomic E-state index is -0.254. The molecule has 1 heterocycles. The maximum atomic E-state index is 13.0. The molecule has 1 N–H and O–H groups in total. The van der Waals surface area contributed by atoms with Crippen molar-refractivity contribution >= 4 is 0 Å². The van der Waals surface area contributed by atoms with Crippen LogP contribution in [0.5, 0.6) is 5.75 Å². The van der Waals surface area contributed by atoms with Crippen molar-refractivity contribution in [1.29, 1.82) is 0 Å². The van der Waals surface area contributed by atoms with Gasteiger partial charge in [0.1, 0.15) is 29.7 Å². The van der Waals surface area contributed by atoms with Crippen LogP contribution in [0, 0.1) is 19.7 Å². The topological polar surface area (TPSA) is 34.4 Å². The molecule has 114 valence electrons. The van der Waals surface area contributed by atoms with Crippen LogP contribution in [0.1, 0.15) is 36.5 Å². The molecule has 0 aliphatic heterocycles. The summed E-state index contributed by atoms with van der Waals surface area (Å²) in [5, 5.41) is 3.33. The van der Waals surface area contributed by atoms with Gasteiger partial charge in [0.05, 0.1) is 6.54 Å². The maximum absolute atomic E-state index is 13.0. The summed E-state index contributed by atoms with van der Waals surface area (Å²) in [4.78, 5) is 0. The number of nitrogens with one attached hydrogen (secondary N) is 1. The fourth-order valence-corrected chi connectivity index (χ4v) is 2.06. The first-order chi connectivity index (χ1) is 9.95. The second kappa shape index (κ2) is 6.76. The summed E-state index contributed by atoms with van der Waals surface area (Å²) < 4.78 is 24.5. The fraction of sp³-hybridized carbons (Fsp3) is 0.412. The SMILES string of the molecule is Cc1cc(F)ccc1OCc1cc(C)c(CNC(C)C)o1. The van der Waals surface area contributed by atoms with Gasteiger partial charge < -0.3 is 14.5 Å². The van der Waals surface area contributed by atoms with E-state index in [-0.39, 0.29) is 5.82 Å². The van der Waals surface area contributed by atoms with Gasteiger partial charge in [-0.05, 0) is 49.2 Å². The van der Waals surface area contributed by atoms with Crippen molar-refractivity contribution in [3.63, 3.8) is 0 Å². The van der Waals surface area contributed by atoms with Crippen LogP contribution in [0.15, 0.2) is 28.7 Å². The van der Waals surface area contributed by atoms with Crippen LogP contribution in [0.25, 0.3) is 0 Å². The number of hydrogen-bond donors (Lipinski definition) is 1. The second-order valence-corrected chi connectivity index (χ2v) is 5.55. The average molecular weight is 291 g/mol. The summed E-state index contributed by atoms with van der Waals surface area (Å²) in [6, 6.07) is 6.89. The average Bonchev–Trinajstić information content (AvgIpc) is 2.76. The summed E-state index contributed by atoms with van der Waals surface area (Å²) in [6.45, 7) is 9.09. The predicted molar refractivity (Wildman–Crippen MR) is 80.9 cm³/mol. The van der Waals surface area contributed by atoms with Crippen LogP contribution < -0.4 is 10.1 Å². The molecule has 0 saturated carbocycles. The molecule has 0 spiro atoms. The third-order valence-corrected chi connectivity index (χ3v) is 3.25. The lowest BCUT2D eigenvalue weighted by atomic mass is 10.2. The van der Waals surface area contributed by atoms with E-state index in [0.717, 1.165) is 22.6 Å². The standard InChI is InChI=1S/C17H22FNO2/c1-11(2)19-9-17-13(4)8-15(21-17)10-20-16-6-5-14(18)7-12(16)3/h5-8,11,19H,9-10H2,1-4H3. The van der Waals surface area contributed by atoms with Gasteiger partial charge >= 0.3 is 0 Å². The van der Waals surface area contributed by atoms with Crippen LogP contribution in [0.4, 0.5) is 4.39 Å². The highest BCUT2D eigenvalue weighted by atomic mass is 19.1. The van der Waals surface area contributed by atoms with Crippen molar-refractivity contribution in [1.82, 2.24) is 5.32 Å². The van der Waals surface area contributed by atoms with Crippen LogP contribution in [-0.2, 0) is 13.2 Å². The Kier molecular flexibility index (Phi) is 5.02. The normalized spacial score (nSPS) is 11.1. The fourth-order valence-electron chi connectivity index (χ4n) is 2.06. The molecule has 4 heteroatoms. The molecule has 21 heavy (non-hydrogen) atoms. The number of aryl methyl sites for hydroxylation is 2. The molecule has 2 rings (SSSR count). The Morgan fingerprint density at radius 2 is 1.95 bits per heavy atom. The molecule has 0 amide bonds. The van der Waals surface area contributed by atoms with E-state index < -0.39 is 0 Å². The molecule has 1 aromatic carbocycles. The molecule has 0 aliphatic rings. The minimum Gasteiger partial charge on any atom is -0.485 e. The van der Waals surface area contributed by atoms with Gasteiger partial charge in [-0.1, -0.05) is 13.8 Å². The molecule has 0 aliphatic carbocycles. The number of furan rings is 1. The highest BCUT2D eigenvalue weighted by molar-refractivity contribution is 5.32. The van der Waals surface area contributed by atoms with Crippen LogP contribution in [0.2, 0.25) is 0 Å². The zero-order valence-corrected chi connectivity index (χ0v) is 13.0. The van der Waals surface area contributed by atoms with Crippen molar-refractivity contribution in [2.45, 2.75) is 46.9 Å². The molecule has 0 unspecified atom stereocenters. The van der Waals surface area contributed by atoms with E-state index in [0.29, 0.717) is 24.9 Å². The molecule has 0 atom stereocenters. The smallest absolute Gasteiger partial charge is 0.146 e. The third-order valence-electron chi connectivity index (χ3n) is 3.25. The van der Waals surface area contributed by atoms with Gasteiger partial charge in [0.15, 0.2) is 0 Å². The summed E-state index contributed by atoms with van der Waals surface area (Å²) in [5.41, 5.74) is 1.89. The number of hydrogen-bond acceptors (Lipinski definition) is 3. The Hall–Kier alpha value is -1.81. The third kappa shape index (κ3) is 4.33.